The Bertz CT molecular complexity index is 455. The molecule has 2 rings (SSSR count). The maximum absolute atomic E-state index is 6.13. The molecule has 0 radical (unpaired) electrons. The third-order valence-electron chi connectivity index (χ3n) is 3.62. The number of hydrogen-bond donors (Lipinski definition) is 1. The van der Waals surface area contributed by atoms with Crippen molar-refractivity contribution in [2.24, 2.45) is 0 Å². The van der Waals surface area contributed by atoms with Crippen molar-refractivity contribution in [2.45, 2.75) is 33.3 Å². The molecule has 2 heterocycles. The van der Waals surface area contributed by atoms with E-state index in [9.17, 15) is 0 Å². The second-order valence-corrected chi connectivity index (χ2v) is 5.38. The first-order valence-electron chi connectivity index (χ1n) is 7.24. The SMILES string of the molecule is CCc1nc(Cl)c(C)c(NCC2CN(CC)CCO2)n1. The van der Waals surface area contributed by atoms with Crippen LogP contribution in [0.3, 0.4) is 0 Å². The van der Waals surface area contributed by atoms with E-state index in [4.69, 9.17) is 16.3 Å². The standard InChI is InChI=1S/C14H23ClN4O/c1-4-12-17-13(15)10(3)14(18-12)16-8-11-9-19(5-2)6-7-20-11/h11H,4-9H2,1-3H3,(H,16,17,18). The first kappa shape index (κ1) is 15.5. The summed E-state index contributed by atoms with van der Waals surface area (Å²) in [4.78, 5) is 11.1. The van der Waals surface area contributed by atoms with Gasteiger partial charge in [0.15, 0.2) is 0 Å². The van der Waals surface area contributed by atoms with Gasteiger partial charge in [-0.1, -0.05) is 25.4 Å². The highest BCUT2D eigenvalue weighted by molar-refractivity contribution is 6.30. The topological polar surface area (TPSA) is 50.3 Å². The van der Waals surface area contributed by atoms with Crippen LogP contribution in [0.25, 0.3) is 0 Å². The molecule has 1 fully saturated rings. The number of nitrogens with zero attached hydrogens (tertiary/aromatic N) is 3. The molecule has 1 atom stereocenters. The lowest BCUT2D eigenvalue weighted by Crippen LogP contribution is -2.45. The summed E-state index contributed by atoms with van der Waals surface area (Å²) in [5.41, 5.74) is 0.895. The van der Waals surface area contributed by atoms with E-state index in [-0.39, 0.29) is 6.10 Å². The zero-order valence-corrected chi connectivity index (χ0v) is 13.2. The first-order chi connectivity index (χ1) is 9.63. The van der Waals surface area contributed by atoms with Crippen molar-refractivity contribution in [1.82, 2.24) is 14.9 Å². The van der Waals surface area contributed by atoms with Gasteiger partial charge in [-0.15, -0.1) is 0 Å². The van der Waals surface area contributed by atoms with E-state index < -0.39 is 0 Å². The Morgan fingerprint density at radius 2 is 2.20 bits per heavy atom. The quantitative estimate of drug-likeness (QED) is 0.844. The molecule has 5 nitrogen and oxygen atoms in total. The summed E-state index contributed by atoms with van der Waals surface area (Å²) in [7, 11) is 0. The van der Waals surface area contributed by atoms with E-state index in [0.29, 0.717) is 5.15 Å². The monoisotopic (exact) mass is 298 g/mol. The molecule has 0 aromatic carbocycles. The Kier molecular flexibility index (Phi) is 5.57. The van der Waals surface area contributed by atoms with E-state index in [1.54, 1.807) is 0 Å². The Labute approximate surface area is 125 Å². The predicted molar refractivity (Wildman–Crippen MR) is 81.5 cm³/mol. The van der Waals surface area contributed by atoms with Gasteiger partial charge in [0.25, 0.3) is 0 Å². The van der Waals surface area contributed by atoms with Gasteiger partial charge in [-0.25, -0.2) is 9.97 Å². The summed E-state index contributed by atoms with van der Waals surface area (Å²) in [5.74, 6) is 1.59. The molecular formula is C14H23ClN4O. The van der Waals surface area contributed by atoms with Gasteiger partial charge in [0.05, 0.1) is 12.7 Å². The minimum Gasteiger partial charge on any atom is -0.374 e. The summed E-state index contributed by atoms with van der Waals surface area (Å²) >= 11 is 6.13. The maximum Gasteiger partial charge on any atom is 0.137 e. The van der Waals surface area contributed by atoms with Gasteiger partial charge in [-0.05, 0) is 13.5 Å². The third-order valence-corrected chi connectivity index (χ3v) is 3.98. The smallest absolute Gasteiger partial charge is 0.137 e. The fourth-order valence-corrected chi connectivity index (χ4v) is 2.45. The number of anilines is 1. The van der Waals surface area contributed by atoms with Gasteiger partial charge in [0.2, 0.25) is 0 Å². The maximum atomic E-state index is 6.13. The first-order valence-corrected chi connectivity index (χ1v) is 7.62. The molecule has 1 saturated heterocycles. The molecule has 6 heteroatoms. The molecule has 0 amide bonds. The minimum absolute atomic E-state index is 0.196. The van der Waals surface area contributed by atoms with E-state index in [2.05, 4.69) is 27.1 Å². The number of morpholine rings is 1. The average Bonchev–Trinajstić information content (AvgIpc) is 2.48. The highest BCUT2D eigenvalue weighted by atomic mass is 35.5. The highest BCUT2D eigenvalue weighted by Gasteiger charge is 2.19. The predicted octanol–water partition coefficient (Wildman–Crippen LogP) is 2.13. The molecule has 0 saturated carbocycles. The van der Waals surface area contributed by atoms with Crippen LogP contribution < -0.4 is 5.32 Å². The lowest BCUT2D eigenvalue weighted by atomic mass is 10.2. The van der Waals surface area contributed by atoms with E-state index in [1.807, 2.05) is 13.8 Å². The molecule has 20 heavy (non-hydrogen) atoms. The number of ether oxygens (including phenoxy) is 1. The lowest BCUT2D eigenvalue weighted by Gasteiger charge is -2.32. The summed E-state index contributed by atoms with van der Waals surface area (Å²) in [5, 5.41) is 3.88. The Balaban J connectivity index is 1.98. The van der Waals surface area contributed by atoms with Gasteiger partial charge in [0, 0.05) is 31.6 Å². The Hall–Kier alpha value is -0.910. The number of aryl methyl sites for hydroxylation is 1. The molecule has 0 bridgehead atoms. The number of halogens is 1. The number of aromatic nitrogens is 2. The van der Waals surface area contributed by atoms with Gasteiger partial charge in [-0.2, -0.15) is 0 Å². The Morgan fingerprint density at radius 3 is 2.90 bits per heavy atom. The Morgan fingerprint density at radius 1 is 1.40 bits per heavy atom. The summed E-state index contributed by atoms with van der Waals surface area (Å²) in [6.45, 7) is 10.7. The zero-order chi connectivity index (χ0) is 14.5. The van der Waals surface area contributed by atoms with Crippen LogP contribution in [-0.2, 0) is 11.2 Å². The summed E-state index contributed by atoms with van der Waals surface area (Å²) in [6.07, 6.45) is 0.972. The highest BCUT2D eigenvalue weighted by Crippen LogP contribution is 2.20. The molecule has 1 aliphatic rings. The average molecular weight is 299 g/mol. The van der Waals surface area contributed by atoms with Crippen LogP contribution in [0.2, 0.25) is 5.15 Å². The van der Waals surface area contributed by atoms with Crippen molar-refractivity contribution in [3.63, 3.8) is 0 Å². The van der Waals surface area contributed by atoms with Gasteiger partial charge in [-0.3, -0.25) is 4.90 Å². The van der Waals surface area contributed by atoms with Crippen LogP contribution in [0.4, 0.5) is 5.82 Å². The van der Waals surface area contributed by atoms with Crippen molar-refractivity contribution >= 4 is 17.4 Å². The summed E-state index contributed by atoms with van der Waals surface area (Å²) in [6, 6.07) is 0. The normalized spacial score (nSPS) is 20.1. The largest absolute Gasteiger partial charge is 0.374 e. The number of rotatable bonds is 5. The minimum atomic E-state index is 0.196. The molecule has 112 valence electrons. The number of likely N-dealkylation sites (N-methyl/N-ethyl adjacent to an activating group) is 1. The lowest BCUT2D eigenvalue weighted by molar-refractivity contribution is -0.0192. The fraction of sp³-hybridized carbons (Fsp3) is 0.714. The molecule has 1 aliphatic heterocycles. The van der Waals surface area contributed by atoms with Crippen molar-refractivity contribution in [2.75, 3.05) is 38.1 Å². The zero-order valence-electron chi connectivity index (χ0n) is 12.4. The summed E-state index contributed by atoms with van der Waals surface area (Å²) < 4.78 is 5.78. The second-order valence-electron chi connectivity index (χ2n) is 5.02. The van der Waals surface area contributed by atoms with Crippen LogP contribution in [0, 0.1) is 6.92 Å². The van der Waals surface area contributed by atoms with Crippen LogP contribution in [0.15, 0.2) is 0 Å². The van der Waals surface area contributed by atoms with E-state index in [1.165, 1.54) is 0 Å². The molecular weight excluding hydrogens is 276 g/mol. The molecule has 1 aromatic heterocycles. The van der Waals surface area contributed by atoms with E-state index in [0.717, 1.165) is 56.4 Å². The molecule has 1 unspecified atom stereocenters. The fourth-order valence-electron chi connectivity index (χ4n) is 2.26. The second kappa shape index (κ2) is 7.20. The van der Waals surface area contributed by atoms with Crippen LogP contribution >= 0.6 is 11.6 Å². The van der Waals surface area contributed by atoms with Gasteiger partial charge >= 0.3 is 0 Å². The number of nitrogens with one attached hydrogen (secondary N) is 1. The molecule has 0 spiro atoms. The molecule has 0 aliphatic carbocycles. The molecule has 1 N–H and O–H groups in total. The third kappa shape index (κ3) is 3.81. The van der Waals surface area contributed by atoms with Crippen LogP contribution in [0.1, 0.15) is 25.2 Å². The van der Waals surface area contributed by atoms with Crippen LogP contribution in [-0.4, -0.2) is 53.8 Å². The van der Waals surface area contributed by atoms with E-state index >= 15 is 0 Å². The van der Waals surface area contributed by atoms with Crippen molar-refractivity contribution in [1.29, 1.82) is 0 Å². The van der Waals surface area contributed by atoms with Gasteiger partial charge in [0.1, 0.15) is 16.8 Å². The van der Waals surface area contributed by atoms with Crippen LogP contribution in [0.5, 0.6) is 0 Å². The number of hydrogen-bond acceptors (Lipinski definition) is 5. The van der Waals surface area contributed by atoms with Crippen molar-refractivity contribution in [3.05, 3.63) is 16.5 Å². The molecule has 1 aromatic rings. The van der Waals surface area contributed by atoms with Gasteiger partial charge < -0.3 is 10.1 Å². The van der Waals surface area contributed by atoms with Crippen molar-refractivity contribution in [3.8, 4) is 0 Å². The van der Waals surface area contributed by atoms with Crippen molar-refractivity contribution < 1.29 is 4.74 Å².